The lowest BCUT2D eigenvalue weighted by atomic mass is 10.2. The lowest BCUT2D eigenvalue weighted by molar-refractivity contribution is 0.473. The van der Waals surface area contributed by atoms with E-state index >= 15 is 0 Å². The summed E-state index contributed by atoms with van der Waals surface area (Å²) in [5, 5.41) is 4.75. The highest BCUT2D eigenvalue weighted by Gasteiger charge is 2.20. The molecule has 0 amide bonds. The third kappa shape index (κ3) is 3.83. The topological polar surface area (TPSA) is 21.3 Å². The van der Waals surface area contributed by atoms with Crippen molar-refractivity contribution in [2.24, 2.45) is 0 Å². The van der Waals surface area contributed by atoms with Gasteiger partial charge in [0, 0.05) is 24.2 Å². The molecule has 1 aliphatic carbocycles. The number of ether oxygens (including phenoxy) is 1. The standard InChI is InChI=1S/C16H14Cl3NO/c17-12-7-14(19)16(8-13(12)18)21-15-4-2-1-3-10(15)9-20-11-5-6-11/h1-4,7-8,11,20H,5-6,9H2. The zero-order valence-electron chi connectivity index (χ0n) is 11.2. The first-order chi connectivity index (χ1) is 10.1. The van der Waals surface area contributed by atoms with Crippen molar-refractivity contribution in [2.75, 3.05) is 0 Å². The molecular weight excluding hydrogens is 329 g/mol. The molecule has 0 atom stereocenters. The van der Waals surface area contributed by atoms with Crippen LogP contribution < -0.4 is 10.1 Å². The van der Waals surface area contributed by atoms with Crippen LogP contribution >= 0.6 is 34.8 Å². The van der Waals surface area contributed by atoms with Crippen molar-refractivity contribution in [3.8, 4) is 11.5 Å². The molecule has 1 N–H and O–H groups in total. The second-order valence-electron chi connectivity index (χ2n) is 5.06. The Kier molecular flexibility index (Phi) is 4.60. The molecule has 1 aliphatic rings. The van der Waals surface area contributed by atoms with E-state index in [1.165, 1.54) is 12.8 Å². The van der Waals surface area contributed by atoms with Crippen molar-refractivity contribution in [3.05, 3.63) is 57.0 Å². The van der Waals surface area contributed by atoms with Gasteiger partial charge >= 0.3 is 0 Å². The van der Waals surface area contributed by atoms with Crippen molar-refractivity contribution in [3.63, 3.8) is 0 Å². The third-order valence-corrected chi connectivity index (χ3v) is 4.34. The minimum absolute atomic E-state index is 0.415. The molecule has 5 heteroatoms. The van der Waals surface area contributed by atoms with E-state index in [2.05, 4.69) is 5.32 Å². The van der Waals surface area contributed by atoms with E-state index < -0.39 is 0 Å². The number of benzene rings is 2. The Morgan fingerprint density at radius 3 is 2.43 bits per heavy atom. The number of hydrogen-bond acceptors (Lipinski definition) is 2. The average Bonchev–Trinajstić information content (AvgIpc) is 3.28. The van der Waals surface area contributed by atoms with Gasteiger partial charge in [-0.25, -0.2) is 0 Å². The molecule has 0 aliphatic heterocycles. The van der Waals surface area contributed by atoms with Crippen LogP contribution in [0.3, 0.4) is 0 Å². The number of hydrogen-bond donors (Lipinski definition) is 1. The molecule has 110 valence electrons. The van der Waals surface area contributed by atoms with Crippen LogP contribution in [0.2, 0.25) is 15.1 Å². The van der Waals surface area contributed by atoms with Gasteiger partial charge in [0.1, 0.15) is 11.5 Å². The molecule has 0 radical (unpaired) electrons. The average molecular weight is 343 g/mol. The molecule has 0 aromatic heterocycles. The third-order valence-electron chi connectivity index (χ3n) is 3.33. The van der Waals surface area contributed by atoms with Gasteiger partial charge in [0.2, 0.25) is 0 Å². The van der Waals surface area contributed by atoms with Gasteiger partial charge in [-0.3, -0.25) is 0 Å². The van der Waals surface area contributed by atoms with Gasteiger partial charge in [0.15, 0.2) is 0 Å². The van der Waals surface area contributed by atoms with Crippen LogP contribution in [0.4, 0.5) is 0 Å². The predicted octanol–water partition coefficient (Wildman–Crippen LogP) is 5.69. The zero-order chi connectivity index (χ0) is 14.8. The number of para-hydroxylation sites is 1. The van der Waals surface area contributed by atoms with Crippen molar-refractivity contribution >= 4 is 34.8 Å². The quantitative estimate of drug-likeness (QED) is 0.705. The molecule has 1 fully saturated rings. The minimum Gasteiger partial charge on any atom is -0.455 e. The van der Waals surface area contributed by atoms with E-state index in [-0.39, 0.29) is 0 Å². The molecule has 0 unspecified atom stereocenters. The summed E-state index contributed by atoms with van der Waals surface area (Å²) >= 11 is 18.1. The number of halogens is 3. The summed E-state index contributed by atoms with van der Waals surface area (Å²) in [5.41, 5.74) is 1.09. The molecule has 0 spiro atoms. The highest BCUT2D eigenvalue weighted by molar-refractivity contribution is 6.43. The van der Waals surface area contributed by atoms with E-state index in [1.54, 1.807) is 12.1 Å². The van der Waals surface area contributed by atoms with Gasteiger partial charge < -0.3 is 10.1 Å². The van der Waals surface area contributed by atoms with Gasteiger partial charge in [-0.1, -0.05) is 53.0 Å². The molecule has 1 saturated carbocycles. The summed E-state index contributed by atoms with van der Waals surface area (Å²) in [5.74, 6) is 1.27. The Morgan fingerprint density at radius 1 is 0.952 bits per heavy atom. The summed E-state index contributed by atoms with van der Waals surface area (Å²) in [6, 6.07) is 11.8. The molecule has 2 nitrogen and oxygen atoms in total. The monoisotopic (exact) mass is 341 g/mol. The summed E-state index contributed by atoms with van der Waals surface area (Å²) in [7, 11) is 0. The summed E-state index contributed by atoms with van der Waals surface area (Å²) in [6.07, 6.45) is 2.50. The second kappa shape index (κ2) is 6.45. The fourth-order valence-corrected chi connectivity index (χ4v) is 2.57. The molecule has 2 aromatic rings. The van der Waals surface area contributed by atoms with Crippen molar-refractivity contribution < 1.29 is 4.74 Å². The SMILES string of the molecule is Clc1cc(Cl)c(Oc2ccccc2CNC2CC2)cc1Cl. The Hall–Kier alpha value is -0.930. The Labute approximate surface area is 139 Å². The van der Waals surface area contributed by atoms with Gasteiger partial charge in [0.05, 0.1) is 15.1 Å². The van der Waals surface area contributed by atoms with E-state index in [9.17, 15) is 0 Å². The normalized spacial score (nSPS) is 14.2. The Balaban J connectivity index is 1.82. The first kappa shape index (κ1) is 15.0. The van der Waals surface area contributed by atoms with Crippen molar-refractivity contribution in [1.29, 1.82) is 0 Å². The first-order valence-corrected chi connectivity index (χ1v) is 7.90. The van der Waals surface area contributed by atoms with Crippen molar-refractivity contribution in [1.82, 2.24) is 5.32 Å². The predicted molar refractivity (Wildman–Crippen MR) is 87.8 cm³/mol. The molecule has 0 bridgehead atoms. The zero-order valence-corrected chi connectivity index (χ0v) is 13.5. The van der Waals surface area contributed by atoms with E-state index in [4.69, 9.17) is 39.5 Å². The summed E-state index contributed by atoms with van der Waals surface area (Å²) in [4.78, 5) is 0. The maximum atomic E-state index is 6.16. The second-order valence-corrected chi connectivity index (χ2v) is 6.28. The van der Waals surface area contributed by atoms with Gasteiger partial charge in [-0.15, -0.1) is 0 Å². The number of nitrogens with one attached hydrogen (secondary N) is 1. The maximum absolute atomic E-state index is 6.16. The highest BCUT2D eigenvalue weighted by atomic mass is 35.5. The lowest BCUT2D eigenvalue weighted by Crippen LogP contribution is -2.15. The molecule has 0 heterocycles. The Morgan fingerprint density at radius 2 is 1.67 bits per heavy atom. The molecule has 2 aromatic carbocycles. The lowest BCUT2D eigenvalue weighted by Gasteiger charge is -2.13. The Bertz CT molecular complexity index is 656. The van der Waals surface area contributed by atoms with E-state index in [0.717, 1.165) is 17.9 Å². The summed E-state index contributed by atoms with van der Waals surface area (Å²) in [6.45, 7) is 0.778. The molecule has 3 rings (SSSR count). The van der Waals surface area contributed by atoms with Crippen LogP contribution in [0.25, 0.3) is 0 Å². The fraction of sp³-hybridized carbons (Fsp3) is 0.250. The molecular formula is C16H14Cl3NO. The van der Waals surface area contributed by atoms with Crippen LogP contribution in [0, 0.1) is 0 Å². The van der Waals surface area contributed by atoms with Crippen LogP contribution in [0.1, 0.15) is 18.4 Å². The van der Waals surface area contributed by atoms with Crippen LogP contribution in [-0.2, 0) is 6.54 Å². The van der Waals surface area contributed by atoms with Gasteiger partial charge in [0.25, 0.3) is 0 Å². The first-order valence-electron chi connectivity index (χ1n) is 6.77. The van der Waals surface area contributed by atoms with Crippen LogP contribution in [0.5, 0.6) is 11.5 Å². The minimum atomic E-state index is 0.415. The smallest absolute Gasteiger partial charge is 0.147 e. The largest absolute Gasteiger partial charge is 0.455 e. The highest BCUT2D eigenvalue weighted by Crippen LogP contribution is 2.37. The number of rotatable bonds is 5. The molecule has 0 saturated heterocycles. The van der Waals surface area contributed by atoms with E-state index in [0.29, 0.717) is 26.9 Å². The fourth-order valence-electron chi connectivity index (χ4n) is 1.99. The van der Waals surface area contributed by atoms with Gasteiger partial charge in [-0.05, 0) is 25.0 Å². The van der Waals surface area contributed by atoms with Crippen molar-refractivity contribution in [2.45, 2.75) is 25.4 Å². The van der Waals surface area contributed by atoms with Crippen LogP contribution in [0.15, 0.2) is 36.4 Å². The maximum Gasteiger partial charge on any atom is 0.147 e. The van der Waals surface area contributed by atoms with Crippen LogP contribution in [-0.4, -0.2) is 6.04 Å². The molecule has 21 heavy (non-hydrogen) atoms. The van der Waals surface area contributed by atoms with E-state index in [1.807, 2.05) is 24.3 Å². The van der Waals surface area contributed by atoms with Gasteiger partial charge in [-0.2, -0.15) is 0 Å². The summed E-state index contributed by atoms with van der Waals surface area (Å²) < 4.78 is 5.91.